The number of alkyl halides is 3. The van der Waals surface area contributed by atoms with Gasteiger partial charge in [-0.2, -0.15) is 31.3 Å². The fourth-order valence-corrected chi connectivity index (χ4v) is 2.89. The molecular weight excluding hydrogens is 371 g/mol. The highest BCUT2D eigenvalue weighted by Crippen LogP contribution is 2.31. The van der Waals surface area contributed by atoms with E-state index in [2.05, 4.69) is 10.1 Å². The number of aromatic nitrogens is 3. The van der Waals surface area contributed by atoms with Gasteiger partial charge in [0.05, 0.1) is 0 Å². The van der Waals surface area contributed by atoms with Crippen LogP contribution in [0.2, 0.25) is 0 Å². The largest absolute Gasteiger partial charge is 0.453 e. The van der Waals surface area contributed by atoms with Crippen molar-refractivity contribution in [3.63, 3.8) is 0 Å². The maximum Gasteiger partial charge on any atom is 0.453 e. The van der Waals surface area contributed by atoms with Crippen molar-refractivity contribution in [1.82, 2.24) is 14.8 Å². The Morgan fingerprint density at radius 2 is 1.84 bits per heavy atom. The smallest absolute Gasteiger partial charge is 0.347 e. The normalized spacial score (nSPS) is 12.5. The fourth-order valence-electron chi connectivity index (χ4n) is 2.12. The van der Waals surface area contributed by atoms with Gasteiger partial charge in [-0.3, -0.25) is 0 Å². The lowest BCUT2D eigenvalue weighted by Crippen LogP contribution is -2.16. The van der Waals surface area contributed by atoms with Crippen LogP contribution in [0.3, 0.4) is 0 Å². The van der Waals surface area contributed by atoms with E-state index in [1.807, 2.05) is 0 Å². The highest BCUT2D eigenvalue weighted by atomic mass is 32.3. The van der Waals surface area contributed by atoms with E-state index in [-0.39, 0.29) is 12.0 Å². The average molecular weight is 384 g/mol. The lowest BCUT2D eigenvalue weighted by atomic mass is 10.1. The first-order valence-electron chi connectivity index (χ1n) is 6.85. The first kappa shape index (κ1) is 19.1. The van der Waals surface area contributed by atoms with Gasteiger partial charge in [0.15, 0.2) is 0 Å². The van der Waals surface area contributed by atoms with Gasteiger partial charge in [-0.05, 0) is 24.1 Å². The molecule has 1 aromatic heterocycles. The second kappa shape index (κ2) is 6.24. The van der Waals surface area contributed by atoms with Crippen LogP contribution in [-0.4, -0.2) is 37.3 Å². The highest BCUT2D eigenvalue weighted by molar-refractivity contribution is 7.86. The molecule has 0 aliphatic rings. The summed E-state index contributed by atoms with van der Waals surface area (Å²) in [5.41, 5.74) is -0.813. The van der Waals surface area contributed by atoms with Crippen LogP contribution in [0.15, 0.2) is 17.0 Å². The predicted octanol–water partition coefficient (Wildman–Crippen LogP) is 2.71. The van der Waals surface area contributed by atoms with Gasteiger partial charge in [-0.1, -0.05) is 6.92 Å². The second-order valence-electron chi connectivity index (χ2n) is 5.24. The summed E-state index contributed by atoms with van der Waals surface area (Å²) in [7, 11) is -2.53. The molecule has 0 amide bonds. The quantitative estimate of drug-likeness (QED) is 0.599. The van der Waals surface area contributed by atoms with Crippen LogP contribution in [0.5, 0.6) is 0 Å². The van der Waals surface area contributed by atoms with Crippen LogP contribution >= 0.6 is 0 Å². The molecule has 1 aromatic carbocycles. The minimum absolute atomic E-state index is 0.00137. The van der Waals surface area contributed by atoms with E-state index in [9.17, 15) is 29.9 Å². The van der Waals surface area contributed by atoms with E-state index in [1.165, 1.54) is 21.0 Å². The predicted molar refractivity (Wildman–Crippen MR) is 78.3 cm³/mol. The monoisotopic (exact) mass is 384 g/mol. The Bertz CT molecular complexity index is 906. The zero-order chi connectivity index (χ0) is 19.2. The van der Waals surface area contributed by atoms with Crippen LogP contribution in [0.1, 0.15) is 18.3 Å². The van der Waals surface area contributed by atoms with Crippen molar-refractivity contribution in [2.45, 2.75) is 24.4 Å². The molecule has 2 rings (SSSR count). The van der Waals surface area contributed by atoms with Crippen LogP contribution in [0.4, 0.5) is 27.4 Å². The molecule has 138 valence electrons. The number of aryl methyl sites for hydroxylation is 1. The SMILES string of the molecule is CCc1cc(F)c(-n2nc(C(F)(F)F)nc2N(C)C)cc1S(=O)(=O)F. The topological polar surface area (TPSA) is 68.1 Å². The van der Waals surface area contributed by atoms with E-state index >= 15 is 0 Å². The maximum atomic E-state index is 14.3. The van der Waals surface area contributed by atoms with Gasteiger partial charge in [0.25, 0.3) is 5.82 Å². The summed E-state index contributed by atoms with van der Waals surface area (Å²) < 4.78 is 89.3. The molecule has 0 spiro atoms. The van der Waals surface area contributed by atoms with Gasteiger partial charge in [-0.25, -0.2) is 4.39 Å². The molecular formula is C13H13F5N4O2S. The Balaban J connectivity index is 2.80. The first-order chi connectivity index (χ1) is 11.4. The van der Waals surface area contributed by atoms with Gasteiger partial charge in [0, 0.05) is 14.1 Å². The van der Waals surface area contributed by atoms with Crippen molar-refractivity contribution in [3.05, 3.63) is 29.3 Å². The zero-order valence-electron chi connectivity index (χ0n) is 13.3. The van der Waals surface area contributed by atoms with Crippen molar-refractivity contribution in [2.75, 3.05) is 19.0 Å². The number of hydrogen-bond donors (Lipinski definition) is 0. The molecule has 25 heavy (non-hydrogen) atoms. The number of nitrogens with zero attached hydrogens (tertiary/aromatic N) is 4. The summed E-state index contributed by atoms with van der Waals surface area (Å²) in [5.74, 6) is -3.01. The third kappa shape index (κ3) is 3.72. The molecule has 0 radical (unpaired) electrons. The van der Waals surface area contributed by atoms with E-state index in [0.29, 0.717) is 10.7 Å². The number of anilines is 1. The van der Waals surface area contributed by atoms with Crippen molar-refractivity contribution in [1.29, 1.82) is 0 Å². The average Bonchev–Trinajstić information content (AvgIpc) is 2.90. The highest BCUT2D eigenvalue weighted by Gasteiger charge is 2.38. The first-order valence-corrected chi connectivity index (χ1v) is 8.23. The van der Waals surface area contributed by atoms with E-state index in [0.717, 1.165) is 11.0 Å². The Hall–Kier alpha value is -2.24. The van der Waals surface area contributed by atoms with E-state index in [1.54, 1.807) is 0 Å². The number of halogens is 5. The molecule has 0 aliphatic heterocycles. The minimum atomic E-state index is -5.21. The third-order valence-electron chi connectivity index (χ3n) is 3.25. The van der Waals surface area contributed by atoms with Gasteiger partial charge in [0.1, 0.15) is 16.4 Å². The Labute approximate surface area is 140 Å². The zero-order valence-corrected chi connectivity index (χ0v) is 14.1. The van der Waals surface area contributed by atoms with Crippen LogP contribution < -0.4 is 4.90 Å². The molecule has 0 aliphatic carbocycles. The summed E-state index contributed by atoms with van der Waals surface area (Å²) in [4.78, 5) is 3.57. The summed E-state index contributed by atoms with van der Waals surface area (Å²) in [6, 6.07) is 1.35. The molecule has 1 heterocycles. The lowest BCUT2D eigenvalue weighted by Gasteiger charge is -2.14. The Morgan fingerprint density at radius 1 is 1.24 bits per heavy atom. The number of rotatable bonds is 4. The summed E-state index contributed by atoms with van der Waals surface area (Å²) in [5, 5.41) is 3.19. The Kier molecular flexibility index (Phi) is 4.77. The van der Waals surface area contributed by atoms with E-state index in [4.69, 9.17) is 0 Å². The lowest BCUT2D eigenvalue weighted by molar-refractivity contribution is -0.144. The molecule has 0 saturated heterocycles. The standard InChI is InChI=1S/C13H13F5N4O2S/c1-4-7-5-8(14)9(6-10(7)25(18,23)24)22-12(21(2)3)19-11(20-22)13(15,16)17/h5-6H,4H2,1-3H3. The van der Waals surface area contributed by atoms with Crippen LogP contribution in [-0.2, 0) is 22.8 Å². The molecule has 0 unspecified atom stereocenters. The van der Waals surface area contributed by atoms with Crippen molar-refractivity contribution < 1.29 is 29.9 Å². The minimum Gasteiger partial charge on any atom is -0.347 e. The summed E-state index contributed by atoms with van der Waals surface area (Å²) >= 11 is 0. The van der Waals surface area contributed by atoms with E-state index < -0.39 is 44.6 Å². The molecule has 0 fully saturated rings. The summed E-state index contributed by atoms with van der Waals surface area (Å²) in [6.07, 6.45) is -4.90. The molecule has 0 bridgehead atoms. The van der Waals surface area contributed by atoms with Crippen molar-refractivity contribution >= 4 is 16.2 Å². The van der Waals surface area contributed by atoms with Gasteiger partial charge >= 0.3 is 16.4 Å². The van der Waals surface area contributed by atoms with Gasteiger partial charge < -0.3 is 4.90 Å². The van der Waals surface area contributed by atoms with Gasteiger partial charge in [0.2, 0.25) is 5.95 Å². The number of benzene rings is 1. The molecule has 0 atom stereocenters. The molecule has 0 saturated carbocycles. The second-order valence-corrected chi connectivity index (χ2v) is 6.56. The van der Waals surface area contributed by atoms with Gasteiger partial charge in [-0.15, -0.1) is 8.98 Å². The van der Waals surface area contributed by atoms with Crippen LogP contribution in [0.25, 0.3) is 5.69 Å². The van der Waals surface area contributed by atoms with Crippen molar-refractivity contribution in [2.24, 2.45) is 0 Å². The molecule has 12 heteroatoms. The summed E-state index contributed by atoms with van der Waals surface area (Å²) in [6.45, 7) is 1.48. The van der Waals surface area contributed by atoms with Crippen molar-refractivity contribution in [3.8, 4) is 5.69 Å². The number of hydrogen-bond acceptors (Lipinski definition) is 5. The maximum absolute atomic E-state index is 14.3. The molecule has 6 nitrogen and oxygen atoms in total. The van der Waals surface area contributed by atoms with Crippen LogP contribution in [0, 0.1) is 5.82 Å². The molecule has 0 N–H and O–H groups in total. The molecule has 2 aromatic rings. The fraction of sp³-hybridized carbons (Fsp3) is 0.385. The third-order valence-corrected chi connectivity index (χ3v) is 4.15. The Morgan fingerprint density at radius 3 is 2.28 bits per heavy atom.